The first-order valence-electron chi connectivity index (χ1n) is 10.3. The van der Waals surface area contributed by atoms with Crippen molar-refractivity contribution in [2.75, 3.05) is 19.8 Å². The van der Waals surface area contributed by atoms with Crippen molar-refractivity contribution in [1.29, 1.82) is 0 Å². The van der Waals surface area contributed by atoms with Gasteiger partial charge in [0.15, 0.2) is 0 Å². The molecule has 0 bridgehead atoms. The fourth-order valence-corrected chi connectivity index (χ4v) is 7.71. The van der Waals surface area contributed by atoms with E-state index in [0.29, 0.717) is 19.8 Å². The van der Waals surface area contributed by atoms with Crippen LogP contribution in [-0.4, -0.2) is 28.6 Å². The molecular formula is C25H30O3Si. The second kappa shape index (κ2) is 9.99. The number of rotatable bonds is 10. The zero-order valence-corrected chi connectivity index (χ0v) is 18.5. The summed E-state index contributed by atoms with van der Waals surface area (Å²) in [5.41, 5.74) is 3.33. The monoisotopic (exact) mass is 406 g/mol. The minimum absolute atomic E-state index is 0.514. The van der Waals surface area contributed by atoms with E-state index in [1.54, 1.807) is 0 Å². The van der Waals surface area contributed by atoms with Gasteiger partial charge in [0.25, 0.3) is 0 Å². The highest BCUT2D eigenvalue weighted by Crippen LogP contribution is 2.47. The quantitative estimate of drug-likeness (QED) is 0.324. The van der Waals surface area contributed by atoms with Gasteiger partial charge in [-0.25, -0.2) is 0 Å². The summed E-state index contributed by atoms with van der Waals surface area (Å²) in [6, 6.07) is 31.4. The molecular weight excluding hydrogens is 376 g/mol. The van der Waals surface area contributed by atoms with Crippen molar-refractivity contribution in [2.24, 2.45) is 0 Å². The molecule has 0 unspecified atom stereocenters. The molecule has 3 nitrogen and oxygen atoms in total. The van der Waals surface area contributed by atoms with E-state index in [-0.39, 0.29) is 0 Å². The molecule has 3 aromatic carbocycles. The Hall–Kier alpha value is -2.24. The lowest BCUT2D eigenvalue weighted by Crippen LogP contribution is -2.64. The molecule has 0 atom stereocenters. The van der Waals surface area contributed by atoms with Crippen molar-refractivity contribution in [3.8, 4) is 0 Å². The van der Waals surface area contributed by atoms with Crippen molar-refractivity contribution in [3.63, 3.8) is 0 Å². The Bertz CT molecular complexity index is 739. The molecule has 29 heavy (non-hydrogen) atoms. The predicted octanol–water partition coefficient (Wildman–Crippen LogP) is 5.61. The van der Waals surface area contributed by atoms with Gasteiger partial charge in [0, 0.05) is 19.8 Å². The maximum atomic E-state index is 6.53. The number of hydrogen-bond donors (Lipinski definition) is 0. The summed E-state index contributed by atoms with van der Waals surface area (Å²) in [6.07, 6.45) is 0. The second-order valence-electron chi connectivity index (χ2n) is 6.70. The Labute approximate surface area is 175 Å². The molecule has 152 valence electrons. The fourth-order valence-electron chi connectivity index (χ4n) is 4.11. The first-order valence-corrected chi connectivity index (χ1v) is 12.1. The Kier molecular flexibility index (Phi) is 7.39. The van der Waals surface area contributed by atoms with Crippen LogP contribution < -0.4 is 0 Å². The van der Waals surface area contributed by atoms with Crippen LogP contribution in [0.3, 0.4) is 0 Å². The van der Waals surface area contributed by atoms with E-state index in [1.165, 1.54) is 0 Å². The molecule has 3 rings (SSSR count). The molecule has 3 aromatic rings. The smallest absolute Gasteiger partial charge is 0.373 e. The molecule has 0 N–H and O–H groups in total. The molecule has 0 saturated carbocycles. The van der Waals surface area contributed by atoms with Gasteiger partial charge in [0.1, 0.15) is 5.04 Å². The van der Waals surface area contributed by atoms with E-state index >= 15 is 0 Å². The van der Waals surface area contributed by atoms with Crippen molar-refractivity contribution in [3.05, 3.63) is 108 Å². The third kappa shape index (κ3) is 3.94. The molecule has 0 amide bonds. The van der Waals surface area contributed by atoms with E-state index in [0.717, 1.165) is 16.7 Å². The molecule has 0 fully saturated rings. The lowest BCUT2D eigenvalue weighted by Gasteiger charge is -2.46. The average Bonchev–Trinajstić information content (AvgIpc) is 2.77. The Morgan fingerprint density at radius 1 is 0.517 bits per heavy atom. The normalized spacial score (nSPS) is 12.1. The lowest BCUT2D eigenvalue weighted by atomic mass is 9.84. The Morgan fingerprint density at radius 2 is 0.793 bits per heavy atom. The predicted molar refractivity (Wildman–Crippen MR) is 120 cm³/mol. The first kappa shape index (κ1) is 21.5. The summed E-state index contributed by atoms with van der Waals surface area (Å²) >= 11 is 0. The summed E-state index contributed by atoms with van der Waals surface area (Å²) < 4.78 is 19.6. The summed E-state index contributed by atoms with van der Waals surface area (Å²) in [7, 11) is -3.30. The standard InChI is InChI=1S/C25H30O3Si/c1-4-26-29(27-5-2,28-6-3)25(22-16-10-7-11-17-22,23-18-12-8-13-19-23)24-20-14-9-15-21-24/h7-21H,4-6H2,1-3H3. The zero-order chi connectivity index (χ0) is 20.6. The molecule has 0 heterocycles. The highest BCUT2D eigenvalue weighted by molar-refractivity contribution is 6.66. The summed E-state index contributed by atoms with van der Waals surface area (Å²) in [4.78, 5) is 0. The van der Waals surface area contributed by atoms with E-state index in [4.69, 9.17) is 13.3 Å². The minimum Gasteiger partial charge on any atom is -0.373 e. The maximum absolute atomic E-state index is 6.53. The van der Waals surface area contributed by atoms with Gasteiger partial charge in [-0.15, -0.1) is 0 Å². The topological polar surface area (TPSA) is 27.7 Å². The Morgan fingerprint density at radius 3 is 1.03 bits per heavy atom. The van der Waals surface area contributed by atoms with Gasteiger partial charge in [-0.2, -0.15) is 0 Å². The third-order valence-corrected chi connectivity index (χ3v) is 8.87. The van der Waals surface area contributed by atoms with Crippen LogP contribution in [0.4, 0.5) is 0 Å². The van der Waals surface area contributed by atoms with Crippen LogP contribution in [0.25, 0.3) is 0 Å². The van der Waals surface area contributed by atoms with Crippen LogP contribution in [0.2, 0.25) is 0 Å². The maximum Gasteiger partial charge on any atom is 0.521 e. The van der Waals surface area contributed by atoms with Crippen LogP contribution in [0.15, 0.2) is 91.0 Å². The van der Waals surface area contributed by atoms with Crippen molar-refractivity contribution >= 4 is 8.80 Å². The van der Waals surface area contributed by atoms with E-state index in [1.807, 2.05) is 39.0 Å². The Balaban J connectivity index is 2.47. The van der Waals surface area contributed by atoms with Crippen LogP contribution in [0.1, 0.15) is 37.5 Å². The van der Waals surface area contributed by atoms with Crippen LogP contribution in [0, 0.1) is 0 Å². The summed E-state index contributed by atoms with van der Waals surface area (Å²) in [5.74, 6) is 0. The van der Waals surface area contributed by atoms with Gasteiger partial charge in [0.05, 0.1) is 0 Å². The van der Waals surface area contributed by atoms with E-state index < -0.39 is 13.8 Å². The molecule has 0 aliphatic heterocycles. The highest BCUT2D eigenvalue weighted by atomic mass is 28.4. The van der Waals surface area contributed by atoms with Gasteiger partial charge >= 0.3 is 8.80 Å². The largest absolute Gasteiger partial charge is 0.521 e. The van der Waals surface area contributed by atoms with Gasteiger partial charge in [-0.1, -0.05) is 91.0 Å². The summed E-state index contributed by atoms with van der Waals surface area (Å²) in [5, 5.41) is -0.682. The number of benzene rings is 3. The second-order valence-corrected chi connectivity index (χ2v) is 9.43. The highest BCUT2D eigenvalue weighted by Gasteiger charge is 2.64. The van der Waals surface area contributed by atoms with Crippen molar-refractivity contribution < 1.29 is 13.3 Å². The fraction of sp³-hybridized carbons (Fsp3) is 0.280. The van der Waals surface area contributed by atoms with Gasteiger partial charge in [-0.3, -0.25) is 0 Å². The molecule has 0 aromatic heterocycles. The average molecular weight is 407 g/mol. The van der Waals surface area contributed by atoms with Crippen LogP contribution in [0.5, 0.6) is 0 Å². The lowest BCUT2D eigenvalue weighted by molar-refractivity contribution is 0.0555. The van der Waals surface area contributed by atoms with Gasteiger partial charge in [-0.05, 0) is 37.5 Å². The summed E-state index contributed by atoms with van der Waals surface area (Å²) in [6.45, 7) is 7.56. The molecule has 0 radical (unpaired) electrons. The third-order valence-electron chi connectivity index (χ3n) is 5.08. The molecule has 0 saturated heterocycles. The van der Waals surface area contributed by atoms with Crippen LogP contribution >= 0.6 is 0 Å². The van der Waals surface area contributed by atoms with Crippen molar-refractivity contribution in [1.82, 2.24) is 0 Å². The molecule has 0 aliphatic rings. The first-order chi connectivity index (χ1) is 14.2. The van der Waals surface area contributed by atoms with Gasteiger partial charge in [0.2, 0.25) is 0 Å². The SMILES string of the molecule is CCO[Si](OCC)(OCC)C(c1ccccc1)(c1ccccc1)c1ccccc1. The zero-order valence-electron chi connectivity index (χ0n) is 17.5. The van der Waals surface area contributed by atoms with Crippen molar-refractivity contribution in [2.45, 2.75) is 25.8 Å². The minimum atomic E-state index is -3.30. The van der Waals surface area contributed by atoms with Crippen LogP contribution in [-0.2, 0) is 18.3 Å². The van der Waals surface area contributed by atoms with E-state index in [2.05, 4.69) is 72.8 Å². The molecule has 0 aliphatic carbocycles. The molecule has 0 spiro atoms. The number of hydrogen-bond acceptors (Lipinski definition) is 3. The van der Waals surface area contributed by atoms with Gasteiger partial charge < -0.3 is 13.3 Å². The van der Waals surface area contributed by atoms with E-state index in [9.17, 15) is 0 Å². The molecule has 4 heteroatoms.